The summed E-state index contributed by atoms with van der Waals surface area (Å²) in [4.78, 5) is 0. The molecule has 0 aromatic heterocycles. The maximum atomic E-state index is 2.44. The van der Waals surface area contributed by atoms with E-state index in [4.69, 9.17) is 0 Å². The molecule has 0 nitrogen and oxygen atoms in total. The topological polar surface area (TPSA) is 0 Å². The second-order valence-electron chi connectivity index (χ2n) is 2.44. The Labute approximate surface area is 83.5 Å². The van der Waals surface area contributed by atoms with Gasteiger partial charge in [-0.15, -0.1) is 0 Å². The van der Waals surface area contributed by atoms with E-state index in [0.717, 1.165) is 5.92 Å². The predicted molar refractivity (Wildman–Crippen MR) is 46.4 cm³/mol. The van der Waals surface area contributed by atoms with Crippen LogP contribution in [0.3, 0.4) is 0 Å². The summed E-state index contributed by atoms with van der Waals surface area (Å²) in [6.45, 7) is 4.62. The second-order valence-corrected chi connectivity index (χ2v) is 7.33. The van der Waals surface area contributed by atoms with E-state index in [1.807, 2.05) is 0 Å². The Morgan fingerprint density at radius 1 is 1.56 bits per heavy atom. The van der Waals surface area contributed by atoms with Gasteiger partial charge in [-0.3, -0.25) is 0 Å². The summed E-state index contributed by atoms with van der Waals surface area (Å²) in [7, 11) is 0. The molecule has 0 N–H and O–H groups in total. The third-order valence-corrected chi connectivity index (χ3v) is 6.48. The summed E-state index contributed by atoms with van der Waals surface area (Å²) >= 11 is 1.04. The van der Waals surface area contributed by atoms with E-state index in [1.54, 1.807) is 0 Å². The predicted octanol–water partition coefficient (Wildman–Crippen LogP) is 1.25. The summed E-state index contributed by atoms with van der Waals surface area (Å²) in [6, 6.07) is 0. The van der Waals surface area contributed by atoms with Crippen molar-refractivity contribution in [2.45, 2.75) is 18.0 Å². The molecule has 0 heterocycles. The van der Waals surface area contributed by atoms with Crippen LogP contribution in [0.5, 0.6) is 0 Å². The fourth-order valence-electron chi connectivity index (χ4n) is 0.493. The molecular weight excluding hydrogens is 314 g/mol. The van der Waals surface area contributed by atoms with Crippen LogP contribution in [0.2, 0.25) is 4.18 Å². The molecule has 0 saturated carbocycles. The molecule has 2 radical (unpaired) electrons. The fraction of sp³-hybridized carbons (Fsp3) is 0.571. The quantitative estimate of drug-likeness (QED) is 0.730. The summed E-state index contributed by atoms with van der Waals surface area (Å²) < 4.78 is 6.21. The van der Waals surface area contributed by atoms with E-state index in [2.05, 4.69) is 27.5 Å². The van der Waals surface area contributed by atoms with Crippen molar-refractivity contribution in [2.75, 3.05) is 0 Å². The molecule has 0 saturated heterocycles. The van der Waals surface area contributed by atoms with Gasteiger partial charge in [-0.1, -0.05) is 0 Å². The van der Waals surface area contributed by atoms with E-state index in [-0.39, 0.29) is 22.9 Å². The Bertz CT molecular complexity index is 95.1. The normalized spacial score (nSPS) is 10.4. The molecule has 9 heavy (non-hydrogen) atoms. The van der Waals surface area contributed by atoms with Crippen molar-refractivity contribution in [3.8, 4) is 0 Å². The third-order valence-electron chi connectivity index (χ3n) is 0.966. The van der Waals surface area contributed by atoms with Crippen LogP contribution >= 0.6 is 0 Å². The van der Waals surface area contributed by atoms with Crippen LogP contribution in [0.4, 0.5) is 0 Å². The second kappa shape index (κ2) is 7.46. The molecule has 0 rings (SSSR count). The molecule has 0 spiro atoms. The van der Waals surface area contributed by atoms with Crippen molar-refractivity contribution in [1.82, 2.24) is 0 Å². The van der Waals surface area contributed by atoms with Gasteiger partial charge in [0.25, 0.3) is 0 Å². The van der Waals surface area contributed by atoms with Gasteiger partial charge in [-0.2, -0.15) is 0 Å². The third kappa shape index (κ3) is 9.35. The van der Waals surface area contributed by atoms with Gasteiger partial charge in [-0.25, -0.2) is 0 Å². The molecule has 2 heteroatoms. The Hall–Kier alpha value is 1.35. The summed E-state index contributed by atoms with van der Waals surface area (Å²) in [5.41, 5.74) is 0. The number of hydrogen-bond donors (Lipinski definition) is 0. The van der Waals surface area contributed by atoms with E-state index >= 15 is 0 Å². The van der Waals surface area contributed by atoms with E-state index in [0.29, 0.717) is 0 Å². The number of rotatable bonds is 4. The molecule has 0 unspecified atom stereocenters. The van der Waals surface area contributed by atoms with E-state index in [9.17, 15) is 0 Å². The molecule has 0 aliphatic heterocycles. The molecule has 0 atom stereocenters. The Kier molecular flexibility index (Phi) is 8.58. The van der Waals surface area contributed by atoms with Crippen LogP contribution in [0.15, 0.2) is 9.91 Å². The zero-order valence-corrected chi connectivity index (χ0v) is 12.8. The molecular formula is C7H12In2. The average Bonchev–Trinajstić information content (AvgIpc) is 1.80. The van der Waals surface area contributed by atoms with Crippen LogP contribution < -0.4 is 0 Å². The summed E-state index contributed by atoms with van der Waals surface area (Å²) in [6.07, 6.45) is 2.26. The van der Waals surface area contributed by atoms with Crippen LogP contribution in [-0.4, -0.2) is 50.6 Å². The van der Waals surface area contributed by atoms with Crippen molar-refractivity contribution < 1.29 is 0 Å². The minimum absolute atomic E-state index is 0.237. The molecule has 0 fully saturated rings. The van der Waals surface area contributed by atoms with Gasteiger partial charge in [-0.05, 0) is 0 Å². The van der Waals surface area contributed by atoms with Crippen molar-refractivity contribution in [1.29, 1.82) is 0 Å². The Morgan fingerprint density at radius 2 is 2.22 bits per heavy atom. The molecule has 0 aliphatic rings. The zero-order valence-electron chi connectivity index (χ0n) is 6.17. The minimum atomic E-state index is -0.237. The van der Waals surface area contributed by atoms with Gasteiger partial charge in [0, 0.05) is 0 Å². The van der Waals surface area contributed by atoms with Crippen LogP contribution in [-0.2, 0) is 0 Å². The monoisotopic (exact) mass is 326 g/mol. The van der Waals surface area contributed by atoms with Gasteiger partial charge in [0.05, 0.1) is 0 Å². The first kappa shape index (κ1) is 10.4. The molecule has 0 bridgehead atoms. The van der Waals surface area contributed by atoms with E-state index < -0.39 is 0 Å². The van der Waals surface area contributed by atoms with Gasteiger partial charge in [0.15, 0.2) is 0 Å². The first-order chi connectivity index (χ1) is 4.27. The maximum absolute atomic E-state index is 2.44. The molecule has 0 amide bonds. The Morgan fingerprint density at radius 3 is 2.67 bits per heavy atom. The first-order valence-corrected chi connectivity index (χ1v) is 9.44. The van der Waals surface area contributed by atoms with Crippen molar-refractivity contribution >= 4 is 50.6 Å². The van der Waals surface area contributed by atoms with Gasteiger partial charge >= 0.3 is 84.4 Å². The SMILES string of the molecule is CC(C)[CH2][In]/[CH]=C\[CH]=[In]. The standard InChI is InChI=1S/C4H9.C3H3.2In/c1-4(2)3;1-3-2;;/h4H,1H2,2-3H3;1-3H;;. The summed E-state index contributed by atoms with van der Waals surface area (Å²) in [5, 5.41) is 0. The summed E-state index contributed by atoms with van der Waals surface area (Å²) in [5.74, 6) is 0.934. The van der Waals surface area contributed by atoms with Gasteiger partial charge in [0.2, 0.25) is 0 Å². The van der Waals surface area contributed by atoms with Crippen molar-refractivity contribution in [3.05, 3.63) is 9.91 Å². The van der Waals surface area contributed by atoms with E-state index in [1.165, 1.54) is 28.1 Å². The molecule has 0 aromatic rings. The Balaban J connectivity index is 3.08. The van der Waals surface area contributed by atoms with Crippen molar-refractivity contribution in [3.63, 3.8) is 0 Å². The first-order valence-electron chi connectivity index (χ1n) is 3.30. The van der Waals surface area contributed by atoms with Crippen molar-refractivity contribution in [2.24, 2.45) is 5.92 Å². The molecule has 0 aliphatic carbocycles. The van der Waals surface area contributed by atoms with Crippen LogP contribution in [0.25, 0.3) is 0 Å². The number of hydrogen-bond acceptors (Lipinski definition) is 0. The number of allylic oxidation sites excluding steroid dienone is 1. The molecule has 46 valence electrons. The fourth-order valence-corrected chi connectivity index (χ4v) is 5.77. The average molecular weight is 326 g/mol. The zero-order chi connectivity index (χ0) is 7.11. The van der Waals surface area contributed by atoms with Gasteiger partial charge < -0.3 is 0 Å². The van der Waals surface area contributed by atoms with Crippen LogP contribution in [0.1, 0.15) is 13.8 Å². The molecule has 0 aromatic carbocycles. The van der Waals surface area contributed by atoms with Crippen LogP contribution in [0, 0.1) is 5.92 Å². The van der Waals surface area contributed by atoms with Gasteiger partial charge in [0.1, 0.15) is 0 Å².